The Morgan fingerprint density at radius 2 is 2.06 bits per heavy atom. The number of urea groups is 1. The van der Waals surface area contributed by atoms with Gasteiger partial charge in [-0.25, -0.2) is 4.79 Å². The van der Waals surface area contributed by atoms with Gasteiger partial charge in [0.2, 0.25) is 0 Å². The van der Waals surface area contributed by atoms with Gasteiger partial charge in [-0.15, -0.1) is 0 Å². The van der Waals surface area contributed by atoms with Crippen LogP contribution in [0.2, 0.25) is 0 Å². The van der Waals surface area contributed by atoms with E-state index in [1.807, 2.05) is 6.92 Å². The van der Waals surface area contributed by atoms with Crippen molar-refractivity contribution in [2.45, 2.75) is 26.8 Å². The van der Waals surface area contributed by atoms with Gasteiger partial charge in [0.25, 0.3) is 0 Å². The molecule has 0 aromatic carbocycles. The molecule has 0 aliphatic rings. The number of carboxylic acids is 1. The summed E-state index contributed by atoms with van der Waals surface area (Å²) >= 11 is 0. The molecule has 0 atom stereocenters. The van der Waals surface area contributed by atoms with Crippen LogP contribution in [0.15, 0.2) is 12.2 Å². The van der Waals surface area contributed by atoms with Crippen molar-refractivity contribution in [3.8, 4) is 0 Å². The standard InChI is InChI=1S/C12H22N2O4/c1-9(2)8-18-6-5-13-12(17)14(10(3)4)7-11(15)16/h10H,1,5-8H2,2-4H3,(H,13,17)(H,15,16). The van der Waals surface area contributed by atoms with Crippen LogP contribution in [0.3, 0.4) is 0 Å². The second-order valence-corrected chi connectivity index (χ2v) is 4.36. The highest BCUT2D eigenvalue weighted by molar-refractivity contribution is 5.80. The Labute approximate surface area is 108 Å². The summed E-state index contributed by atoms with van der Waals surface area (Å²) in [6.07, 6.45) is 0. The quantitative estimate of drug-likeness (QED) is 0.504. The summed E-state index contributed by atoms with van der Waals surface area (Å²) in [5, 5.41) is 11.3. The van der Waals surface area contributed by atoms with Crippen LogP contribution in [-0.2, 0) is 9.53 Å². The van der Waals surface area contributed by atoms with Crippen molar-refractivity contribution in [3.63, 3.8) is 0 Å². The molecule has 0 aliphatic carbocycles. The molecule has 18 heavy (non-hydrogen) atoms. The lowest BCUT2D eigenvalue weighted by Crippen LogP contribution is -2.47. The number of carbonyl (C=O) groups excluding carboxylic acids is 1. The van der Waals surface area contributed by atoms with Crippen molar-refractivity contribution in [2.75, 3.05) is 26.3 Å². The molecule has 0 saturated heterocycles. The topological polar surface area (TPSA) is 78.9 Å². The Bertz CT molecular complexity index is 302. The number of amides is 2. The Hall–Kier alpha value is -1.56. The van der Waals surface area contributed by atoms with E-state index in [9.17, 15) is 9.59 Å². The molecule has 0 unspecified atom stereocenters. The van der Waals surface area contributed by atoms with Crippen molar-refractivity contribution >= 4 is 12.0 Å². The average molecular weight is 258 g/mol. The second kappa shape index (κ2) is 8.52. The largest absolute Gasteiger partial charge is 0.480 e. The van der Waals surface area contributed by atoms with Crippen LogP contribution < -0.4 is 5.32 Å². The number of carbonyl (C=O) groups is 2. The predicted molar refractivity (Wildman–Crippen MR) is 68.5 cm³/mol. The van der Waals surface area contributed by atoms with E-state index < -0.39 is 12.0 Å². The first-order valence-electron chi connectivity index (χ1n) is 5.83. The lowest BCUT2D eigenvalue weighted by Gasteiger charge is -2.25. The van der Waals surface area contributed by atoms with Crippen molar-refractivity contribution in [2.24, 2.45) is 0 Å². The number of carboxylic acid groups (broad SMARTS) is 1. The van der Waals surface area contributed by atoms with Crippen LogP contribution in [0.5, 0.6) is 0 Å². The maximum absolute atomic E-state index is 11.7. The minimum atomic E-state index is -1.03. The zero-order chi connectivity index (χ0) is 14.1. The minimum Gasteiger partial charge on any atom is -0.480 e. The summed E-state index contributed by atoms with van der Waals surface area (Å²) in [6, 6.07) is -0.566. The van der Waals surface area contributed by atoms with E-state index in [1.165, 1.54) is 4.90 Å². The van der Waals surface area contributed by atoms with E-state index in [-0.39, 0.29) is 12.6 Å². The van der Waals surface area contributed by atoms with Gasteiger partial charge in [0.05, 0.1) is 13.2 Å². The van der Waals surface area contributed by atoms with Gasteiger partial charge in [0.15, 0.2) is 0 Å². The summed E-state index contributed by atoms with van der Waals surface area (Å²) in [7, 11) is 0. The van der Waals surface area contributed by atoms with Gasteiger partial charge in [0, 0.05) is 12.6 Å². The third-order valence-electron chi connectivity index (χ3n) is 2.06. The first-order chi connectivity index (χ1) is 8.34. The van der Waals surface area contributed by atoms with Gasteiger partial charge in [0.1, 0.15) is 6.54 Å². The zero-order valence-electron chi connectivity index (χ0n) is 11.2. The smallest absolute Gasteiger partial charge is 0.323 e. The molecule has 0 spiro atoms. The van der Waals surface area contributed by atoms with E-state index in [0.717, 1.165) is 5.57 Å². The second-order valence-electron chi connectivity index (χ2n) is 4.36. The number of rotatable bonds is 8. The number of hydrogen-bond acceptors (Lipinski definition) is 3. The maximum Gasteiger partial charge on any atom is 0.323 e. The molecule has 0 rings (SSSR count). The van der Waals surface area contributed by atoms with Crippen molar-refractivity contribution in [3.05, 3.63) is 12.2 Å². The summed E-state index contributed by atoms with van der Waals surface area (Å²) < 4.78 is 5.22. The third-order valence-corrected chi connectivity index (χ3v) is 2.06. The molecule has 0 heterocycles. The first-order valence-corrected chi connectivity index (χ1v) is 5.83. The van der Waals surface area contributed by atoms with Crippen molar-refractivity contribution in [1.29, 1.82) is 0 Å². The molecular weight excluding hydrogens is 236 g/mol. The molecular formula is C12H22N2O4. The van der Waals surface area contributed by atoms with Crippen LogP contribution in [-0.4, -0.2) is 54.4 Å². The maximum atomic E-state index is 11.7. The minimum absolute atomic E-state index is 0.169. The first kappa shape index (κ1) is 16.4. The molecule has 0 radical (unpaired) electrons. The lowest BCUT2D eigenvalue weighted by atomic mass is 10.3. The predicted octanol–water partition coefficient (Wildman–Crippen LogP) is 1.08. The molecule has 6 heteroatoms. The van der Waals surface area contributed by atoms with Crippen LogP contribution in [0.25, 0.3) is 0 Å². The van der Waals surface area contributed by atoms with Crippen LogP contribution in [0.1, 0.15) is 20.8 Å². The van der Waals surface area contributed by atoms with Gasteiger partial charge in [-0.1, -0.05) is 12.2 Å². The highest BCUT2D eigenvalue weighted by Crippen LogP contribution is 1.98. The van der Waals surface area contributed by atoms with E-state index >= 15 is 0 Å². The van der Waals surface area contributed by atoms with Crippen molar-refractivity contribution in [1.82, 2.24) is 10.2 Å². The summed E-state index contributed by atoms with van der Waals surface area (Å²) in [4.78, 5) is 23.6. The summed E-state index contributed by atoms with van der Waals surface area (Å²) in [6.45, 7) is 9.93. The van der Waals surface area contributed by atoms with Gasteiger partial charge in [-0.2, -0.15) is 0 Å². The molecule has 104 valence electrons. The summed E-state index contributed by atoms with van der Waals surface area (Å²) in [5.41, 5.74) is 0.913. The highest BCUT2D eigenvalue weighted by atomic mass is 16.5. The number of aliphatic carboxylic acids is 1. The molecule has 0 bridgehead atoms. The third kappa shape index (κ3) is 7.67. The lowest BCUT2D eigenvalue weighted by molar-refractivity contribution is -0.138. The fraction of sp³-hybridized carbons (Fsp3) is 0.667. The SMILES string of the molecule is C=C(C)COCCNC(=O)N(CC(=O)O)C(C)C. The molecule has 0 aliphatic heterocycles. The van der Waals surface area contributed by atoms with Gasteiger partial charge >= 0.3 is 12.0 Å². The number of nitrogens with zero attached hydrogens (tertiary/aromatic N) is 1. The van der Waals surface area contributed by atoms with Gasteiger partial charge < -0.3 is 20.1 Å². The van der Waals surface area contributed by atoms with E-state index in [4.69, 9.17) is 9.84 Å². The van der Waals surface area contributed by atoms with Gasteiger partial charge in [-0.05, 0) is 20.8 Å². The van der Waals surface area contributed by atoms with Crippen LogP contribution in [0.4, 0.5) is 4.79 Å². The summed E-state index contributed by atoms with van der Waals surface area (Å²) in [5.74, 6) is -1.03. The molecule has 6 nitrogen and oxygen atoms in total. The van der Waals surface area contributed by atoms with Crippen LogP contribution in [0, 0.1) is 0 Å². The van der Waals surface area contributed by atoms with E-state index in [2.05, 4.69) is 11.9 Å². The normalized spacial score (nSPS) is 10.2. The van der Waals surface area contributed by atoms with E-state index in [1.54, 1.807) is 13.8 Å². The Morgan fingerprint density at radius 1 is 1.44 bits per heavy atom. The number of ether oxygens (including phenoxy) is 1. The number of hydrogen-bond donors (Lipinski definition) is 2. The fourth-order valence-corrected chi connectivity index (χ4v) is 1.21. The molecule has 0 aromatic rings. The van der Waals surface area contributed by atoms with Crippen LogP contribution >= 0.6 is 0 Å². The van der Waals surface area contributed by atoms with Crippen molar-refractivity contribution < 1.29 is 19.4 Å². The fourth-order valence-electron chi connectivity index (χ4n) is 1.21. The average Bonchev–Trinajstić information content (AvgIpc) is 2.24. The molecule has 0 fully saturated rings. The Morgan fingerprint density at radius 3 is 2.50 bits per heavy atom. The molecule has 0 aromatic heterocycles. The van der Waals surface area contributed by atoms with E-state index in [0.29, 0.717) is 19.8 Å². The molecule has 0 saturated carbocycles. The highest BCUT2D eigenvalue weighted by Gasteiger charge is 2.18. The Kier molecular flexibility index (Phi) is 7.78. The molecule has 2 N–H and O–H groups in total. The monoisotopic (exact) mass is 258 g/mol. The molecule has 2 amide bonds. The zero-order valence-corrected chi connectivity index (χ0v) is 11.2. The Balaban J connectivity index is 3.96. The number of nitrogens with one attached hydrogen (secondary N) is 1. The van der Waals surface area contributed by atoms with Gasteiger partial charge in [-0.3, -0.25) is 4.79 Å².